The number of halogens is 2. The number of carbonyl (C=O) groups is 2. The van der Waals surface area contributed by atoms with Crippen molar-refractivity contribution in [2.45, 2.75) is 31.5 Å². The summed E-state index contributed by atoms with van der Waals surface area (Å²) in [6.45, 7) is 0. The van der Waals surface area contributed by atoms with Gasteiger partial charge in [0.2, 0.25) is 0 Å². The number of carbonyl (C=O) groups excluding carboxylic acids is 1. The van der Waals surface area contributed by atoms with E-state index in [1.807, 2.05) is 6.07 Å². The van der Waals surface area contributed by atoms with Crippen molar-refractivity contribution in [2.24, 2.45) is 0 Å². The van der Waals surface area contributed by atoms with Crippen LogP contribution in [0.2, 0.25) is 5.82 Å². The zero-order valence-electron chi connectivity index (χ0n) is 11.9. The highest BCUT2D eigenvalue weighted by molar-refractivity contribution is 6.47. The second-order valence-corrected chi connectivity index (χ2v) is 5.21. The first-order chi connectivity index (χ1) is 10.8. The molecule has 1 aromatic carbocycles. The predicted molar refractivity (Wildman–Crippen MR) is 73.8 cm³/mol. The first-order valence-corrected chi connectivity index (χ1v) is 6.82. The molecule has 0 aromatic heterocycles. The number of carboxylic acid groups (broad SMARTS) is 1. The van der Waals surface area contributed by atoms with Crippen molar-refractivity contribution in [2.75, 3.05) is 0 Å². The lowest BCUT2D eigenvalue weighted by atomic mass is 9.64. The molecule has 1 aromatic rings. The van der Waals surface area contributed by atoms with Gasteiger partial charge < -0.3 is 14.8 Å². The molecule has 9 heteroatoms. The maximum absolute atomic E-state index is 13.6. The minimum atomic E-state index is -1.71. The van der Waals surface area contributed by atoms with E-state index in [2.05, 4.69) is 0 Å². The molecule has 0 saturated heterocycles. The number of nitriles is 1. The SMILES string of the molecule is N#CCCC(=O)C[C@H]1Cc2cc(F)c(F)c(C(=O)O)c2OB1O. The molecule has 2 rings (SSSR count). The molecule has 0 amide bonds. The van der Waals surface area contributed by atoms with E-state index in [1.165, 1.54) is 0 Å². The number of fused-ring (bicyclic) bond motifs is 1. The lowest BCUT2D eigenvalue weighted by Crippen LogP contribution is -2.36. The zero-order chi connectivity index (χ0) is 17.1. The summed E-state index contributed by atoms with van der Waals surface area (Å²) in [5.74, 6) is -6.04. The van der Waals surface area contributed by atoms with Gasteiger partial charge in [-0.1, -0.05) is 0 Å². The van der Waals surface area contributed by atoms with E-state index < -0.39 is 41.9 Å². The van der Waals surface area contributed by atoms with Crippen molar-refractivity contribution in [3.8, 4) is 11.8 Å². The van der Waals surface area contributed by atoms with Crippen LogP contribution in [0.4, 0.5) is 8.78 Å². The minimum absolute atomic E-state index is 0.0186. The third-order valence-electron chi connectivity index (χ3n) is 3.59. The van der Waals surface area contributed by atoms with Gasteiger partial charge in [0.25, 0.3) is 0 Å². The van der Waals surface area contributed by atoms with Crippen molar-refractivity contribution in [3.63, 3.8) is 0 Å². The molecule has 2 N–H and O–H groups in total. The van der Waals surface area contributed by atoms with Crippen LogP contribution in [0.3, 0.4) is 0 Å². The quantitative estimate of drug-likeness (QED) is 0.799. The predicted octanol–water partition coefficient (Wildman–Crippen LogP) is 1.71. The fourth-order valence-corrected chi connectivity index (χ4v) is 2.50. The second kappa shape index (κ2) is 6.75. The molecule has 1 aliphatic heterocycles. The van der Waals surface area contributed by atoms with Crippen molar-refractivity contribution in [3.05, 3.63) is 28.8 Å². The second-order valence-electron chi connectivity index (χ2n) is 5.21. The molecular weight excluding hydrogens is 311 g/mol. The third kappa shape index (κ3) is 3.48. The smallest absolute Gasteiger partial charge is 0.526 e. The topological polar surface area (TPSA) is 108 Å². The van der Waals surface area contributed by atoms with Gasteiger partial charge in [0.05, 0.1) is 6.07 Å². The lowest BCUT2D eigenvalue weighted by molar-refractivity contribution is -0.119. The van der Waals surface area contributed by atoms with Gasteiger partial charge in [-0.3, -0.25) is 4.79 Å². The summed E-state index contributed by atoms with van der Waals surface area (Å²) in [5.41, 5.74) is -0.905. The summed E-state index contributed by atoms with van der Waals surface area (Å²) in [4.78, 5) is 22.8. The molecule has 0 spiro atoms. The van der Waals surface area contributed by atoms with Gasteiger partial charge in [0.1, 0.15) is 17.1 Å². The summed E-state index contributed by atoms with van der Waals surface area (Å²) >= 11 is 0. The Morgan fingerprint density at radius 2 is 2.17 bits per heavy atom. The average Bonchev–Trinajstić information content (AvgIpc) is 2.48. The van der Waals surface area contributed by atoms with Crippen LogP contribution in [0.1, 0.15) is 35.2 Å². The van der Waals surface area contributed by atoms with E-state index in [0.29, 0.717) is 0 Å². The molecule has 0 unspecified atom stereocenters. The third-order valence-corrected chi connectivity index (χ3v) is 3.59. The van der Waals surface area contributed by atoms with Crippen molar-refractivity contribution >= 4 is 18.9 Å². The number of benzene rings is 1. The Morgan fingerprint density at radius 3 is 2.78 bits per heavy atom. The summed E-state index contributed by atoms with van der Waals surface area (Å²) in [5, 5.41) is 27.3. The van der Waals surface area contributed by atoms with Crippen LogP contribution in [0.5, 0.6) is 5.75 Å². The van der Waals surface area contributed by atoms with Crippen LogP contribution < -0.4 is 4.65 Å². The number of nitrogens with zero attached hydrogens (tertiary/aromatic N) is 1. The first-order valence-electron chi connectivity index (χ1n) is 6.82. The monoisotopic (exact) mass is 323 g/mol. The molecule has 1 atom stereocenters. The molecule has 23 heavy (non-hydrogen) atoms. The summed E-state index contributed by atoms with van der Waals surface area (Å²) < 4.78 is 32.2. The normalized spacial score (nSPS) is 16.3. The molecule has 0 saturated carbocycles. The summed E-state index contributed by atoms with van der Waals surface area (Å²) in [7, 11) is -1.52. The fourth-order valence-electron chi connectivity index (χ4n) is 2.50. The van der Waals surface area contributed by atoms with Crippen LogP contribution >= 0.6 is 0 Å². The largest absolute Gasteiger partial charge is 0.535 e. The van der Waals surface area contributed by atoms with Crippen molar-refractivity contribution < 1.29 is 33.2 Å². The molecule has 1 heterocycles. The maximum atomic E-state index is 13.6. The Morgan fingerprint density at radius 1 is 1.48 bits per heavy atom. The summed E-state index contributed by atoms with van der Waals surface area (Å²) in [6.07, 6.45) is -0.0806. The highest BCUT2D eigenvalue weighted by Gasteiger charge is 2.39. The van der Waals surface area contributed by atoms with Crippen LogP contribution in [0.15, 0.2) is 6.07 Å². The van der Waals surface area contributed by atoms with E-state index in [-0.39, 0.29) is 37.0 Å². The van der Waals surface area contributed by atoms with Gasteiger partial charge in [-0.2, -0.15) is 5.26 Å². The zero-order valence-corrected chi connectivity index (χ0v) is 11.9. The molecule has 1 aliphatic rings. The van der Waals surface area contributed by atoms with E-state index in [9.17, 15) is 23.4 Å². The summed E-state index contributed by atoms with van der Waals surface area (Å²) in [6, 6.07) is 2.63. The van der Waals surface area contributed by atoms with E-state index in [4.69, 9.17) is 15.0 Å². The van der Waals surface area contributed by atoms with Gasteiger partial charge >= 0.3 is 13.1 Å². The Kier molecular flexibility index (Phi) is 4.96. The molecule has 0 radical (unpaired) electrons. The van der Waals surface area contributed by atoms with Crippen LogP contribution in [-0.4, -0.2) is 29.0 Å². The molecule has 6 nitrogen and oxygen atoms in total. The average molecular weight is 323 g/mol. The number of carboxylic acids is 1. The van der Waals surface area contributed by atoms with Crippen LogP contribution in [0, 0.1) is 23.0 Å². The highest BCUT2D eigenvalue weighted by atomic mass is 19.2. The number of aromatic carboxylic acids is 1. The van der Waals surface area contributed by atoms with Crippen LogP contribution in [0.25, 0.3) is 0 Å². The van der Waals surface area contributed by atoms with E-state index >= 15 is 0 Å². The Balaban J connectivity index is 2.28. The number of rotatable bonds is 5. The minimum Gasteiger partial charge on any atom is -0.535 e. The van der Waals surface area contributed by atoms with Crippen molar-refractivity contribution in [1.82, 2.24) is 0 Å². The van der Waals surface area contributed by atoms with Gasteiger partial charge in [-0.05, 0) is 18.1 Å². The van der Waals surface area contributed by atoms with E-state index in [0.717, 1.165) is 6.07 Å². The molecule has 0 aliphatic carbocycles. The number of Topliss-reactive ketones (excluding diaryl/α,β-unsaturated/α-hetero) is 1. The fraction of sp³-hybridized carbons (Fsp3) is 0.357. The van der Waals surface area contributed by atoms with Gasteiger partial charge in [-0.25, -0.2) is 13.6 Å². The molecule has 120 valence electrons. The first kappa shape index (κ1) is 16.9. The Bertz CT molecular complexity index is 703. The van der Waals surface area contributed by atoms with Gasteiger partial charge in [0.15, 0.2) is 11.6 Å². The molecular formula is C14H12BF2NO5. The maximum Gasteiger partial charge on any atom is 0.526 e. The van der Waals surface area contributed by atoms with Crippen molar-refractivity contribution in [1.29, 1.82) is 5.26 Å². The number of hydrogen-bond donors (Lipinski definition) is 2. The molecule has 0 fully saturated rings. The molecule has 0 bridgehead atoms. The highest BCUT2D eigenvalue weighted by Crippen LogP contribution is 2.38. The number of hydrogen-bond acceptors (Lipinski definition) is 5. The van der Waals surface area contributed by atoms with Gasteiger partial charge in [0, 0.05) is 25.1 Å². The Hall–Kier alpha value is -2.47. The number of ketones is 1. The van der Waals surface area contributed by atoms with Crippen LogP contribution in [-0.2, 0) is 11.2 Å². The van der Waals surface area contributed by atoms with Gasteiger partial charge in [-0.15, -0.1) is 0 Å². The Labute approximate surface area is 130 Å². The van der Waals surface area contributed by atoms with E-state index in [1.54, 1.807) is 0 Å². The standard InChI is InChI=1S/C14H12BF2NO5/c16-10-5-7-4-8(6-9(19)2-1-3-18)15(22)23-13(7)11(12(10)17)14(20)21/h5,8,22H,1-2,4,6H2,(H,20,21)/t8-/m1/s1. The lowest BCUT2D eigenvalue weighted by Gasteiger charge is -2.28.